The number of benzene rings is 1. The molecule has 1 aromatic rings. The summed E-state index contributed by atoms with van der Waals surface area (Å²) in [6.07, 6.45) is -0.112. The van der Waals surface area contributed by atoms with Gasteiger partial charge in [0.15, 0.2) is 0 Å². The minimum atomic E-state index is -1.04. The first kappa shape index (κ1) is 17.7. The Labute approximate surface area is 139 Å². The number of ether oxygens (including phenoxy) is 2. The van der Waals surface area contributed by atoms with E-state index < -0.39 is 18.0 Å². The van der Waals surface area contributed by atoms with Gasteiger partial charge in [0.25, 0.3) is 0 Å². The number of nitrogens with zero attached hydrogens (tertiary/aromatic N) is 1. The predicted octanol–water partition coefficient (Wildman–Crippen LogP) is 0.717. The Balaban J connectivity index is 2.35. The highest BCUT2D eigenvalue weighted by Gasteiger charge is 2.31. The van der Waals surface area contributed by atoms with Gasteiger partial charge >= 0.3 is 11.9 Å². The fourth-order valence-corrected chi connectivity index (χ4v) is 2.53. The molecule has 0 bridgehead atoms. The van der Waals surface area contributed by atoms with Crippen LogP contribution in [0.1, 0.15) is 22.3 Å². The Morgan fingerprint density at radius 1 is 1.38 bits per heavy atom. The van der Waals surface area contributed by atoms with E-state index in [1.54, 1.807) is 11.0 Å². The first-order valence-corrected chi connectivity index (χ1v) is 7.43. The number of carbonyl (C=O) groups is 3. The molecule has 0 radical (unpaired) electrons. The first-order chi connectivity index (χ1) is 11.5. The average Bonchev–Trinajstić information content (AvgIpc) is 2.69. The van der Waals surface area contributed by atoms with Crippen molar-refractivity contribution in [3.05, 3.63) is 29.3 Å². The number of hydrogen-bond acceptors (Lipinski definition) is 6. The lowest BCUT2D eigenvalue weighted by Gasteiger charge is -2.23. The number of aromatic carboxylic acids is 1. The number of methoxy groups -OCH3 is 2. The third-order valence-corrected chi connectivity index (χ3v) is 3.82. The summed E-state index contributed by atoms with van der Waals surface area (Å²) >= 11 is 0. The summed E-state index contributed by atoms with van der Waals surface area (Å²) in [7, 11) is 2.79. The summed E-state index contributed by atoms with van der Waals surface area (Å²) in [4.78, 5) is 37.0. The van der Waals surface area contributed by atoms with Crippen molar-refractivity contribution in [2.24, 2.45) is 0 Å². The van der Waals surface area contributed by atoms with Crippen LogP contribution in [0.5, 0.6) is 0 Å². The molecule has 0 fully saturated rings. The molecule has 1 aliphatic rings. The van der Waals surface area contributed by atoms with Gasteiger partial charge in [0, 0.05) is 25.9 Å². The maximum Gasteiger partial charge on any atom is 0.335 e. The van der Waals surface area contributed by atoms with E-state index in [-0.39, 0.29) is 24.4 Å². The molecule has 1 aromatic carbocycles. The highest BCUT2D eigenvalue weighted by molar-refractivity contribution is 5.92. The van der Waals surface area contributed by atoms with Crippen LogP contribution in [0.2, 0.25) is 0 Å². The molecule has 1 amide bonds. The van der Waals surface area contributed by atoms with Crippen LogP contribution in [0, 0.1) is 0 Å². The van der Waals surface area contributed by atoms with Crippen LogP contribution in [-0.4, -0.2) is 61.3 Å². The van der Waals surface area contributed by atoms with Gasteiger partial charge in [-0.2, -0.15) is 0 Å². The van der Waals surface area contributed by atoms with Gasteiger partial charge in [0.1, 0.15) is 6.04 Å². The molecule has 1 atom stereocenters. The van der Waals surface area contributed by atoms with Gasteiger partial charge in [-0.3, -0.25) is 9.59 Å². The number of fused-ring (bicyclic) bond motifs is 1. The number of amides is 1. The van der Waals surface area contributed by atoms with Gasteiger partial charge in [-0.05, 0) is 23.8 Å². The molecule has 0 saturated heterocycles. The Morgan fingerprint density at radius 2 is 2.12 bits per heavy atom. The Hall–Kier alpha value is -2.61. The van der Waals surface area contributed by atoms with Crippen LogP contribution in [0.4, 0.5) is 5.69 Å². The molecule has 1 heterocycles. The standard InChI is InChI=1S/C16H20N2O6/c1-23-6-5-18-9-11-7-10(16(21)22)3-4-12(11)17-13(15(18)20)8-14(19)24-2/h3-4,7,13,17H,5-6,8-9H2,1-2H3,(H,21,22). The van der Waals surface area contributed by atoms with Crippen molar-refractivity contribution >= 4 is 23.5 Å². The molecule has 24 heavy (non-hydrogen) atoms. The van der Waals surface area contributed by atoms with Gasteiger partial charge in [-0.1, -0.05) is 0 Å². The number of carboxylic acid groups (broad SMARTS) is 1. The van der Waals surface area contributed by atoms with Crippen molar-refractivity contribution in [3.8, 4) is 0 Å². The molecular weight excluding hydrogens is 316 g/mol. The van der Waals surface area contributed by atoms with Crippen molar-refractivity contribution < 1.29 is 29.0 Å². The molecule has 0 aliphatic carbocycles. The molecule has 0 aromatic heterocycles. The van der Waals surface area contributed by atoms with Crippen molar-refractivity contribution in [1.82, 2.24) is 4.90 Å². The van der Waals surface area contributed by atoms with E-state index in [1.165, 1.54) is 26.4 Å². The lowest BCUT2D eigenvalue weighted by molar-refractivity contribution is -0.144. The summed E-state index contributed by atoms with van der Waals surface area (Å²) in [5, 5.41) is 12.2. The van der Waals surface area contributed by atoms with E-state index in [4.69, 9.17) is 9.84 Å². The van der Waals surface area contributed by atoms with Crippen molar-refractivity contribution in [3.63, 3.8) is 0 Å². The predicted molar refractivity (Wildman–Crippen MR) is 84.7 cm³/mol. The zero-order valence-corrected chi connectivity index (χ0v) is 13.6. The summed E-state index contributed by atoms with van der Waals surface area (Å²) in [6.45, 7) is 0.916. The largest absolute Gasteiger partial charge is 0.478 e. The molecule has 2 rings (SSSR count). The molecule has 1 unspecified atom stereocenters. The summed E-state index contributed by atoms with van der Waals surface area (Å²) < 4.78 is 9.67. The van der Waals surface area contributed by atoms with Gasteiger partial charge in [0.05, 0.1) is 25.7 Å². The number of carbonyl (C=O) groups excluding carboxylic acids is 2. The smallest absolute Gasteiger partial charge is 0.335 e. The second-order valence-electron chi connectivity index (χ2n) is 5.41. The van der Waals surface area contributed by atoms with Gasteiger partial charge in [0.2, 0.25) is 5.91 Å². The van der Waals surface area contributed by atoms with Crippen molar-refractivity contribution in [2.45, 2.75) is 19.0 Å². The fourth-order valence-electron chi connectivity index (χ4n) is 2.53. The van der Waals surface area contributed by atoms with Crippen LogP contribution in [0.15, 0.2) is 18.2 Å². The zero-order valence-electron chi connectivity index (χ0n) is 13.6. The maximum absolute atomic E-state index is 12.7. The quantitative estimate of drug-likeness (QED) is 0.737. The van der Waals surface area contributed by atoms with E-state index in [9.17, 15) is 14.4 Å². The molecule has 8 heteroatoms. The van der Waals surface area contributed by atoms with E-state index in [0.29, 0.717) is 24.4 Å². The first-order valence-electron chi connectivity index (χ1n) is 7.43. The van der Waals surface area contributed by atoms with E-state index in [2.05, 4.69) is 10.1 Å². The average molecular weight is 336 g/mol. The summed E-state index contributed by atoms with van der Waals surface area (Å²) in [5.41, 5.74) is 1.44. The molecule has 1 aliphatic heterocycles. The SMILES string of the molecule is COCCN1Cc2cc(C(=O)O)ccc2NC(CC(=O)OC)C1=O. The van der Waals surface area contributed by atoms with E-state index >= 15 is 0 Å². The Morgan fingerprint density at radius 3 is 2.75 bits per heavy atom. The number of rotatable bonds is 6. The monoisotopic (exact) mass is 336 g/mol. The Kier molecular flexibility index (Phi) is 5.75. The number of anilines is 1. The van der Waals surface area contributed by atoms with Crippen molar-refractivity contribution in [2.75, 3.05) is 32.7 Å². The second kappa shape index (κ2) is 7.78. The fraction of sp³-hybridized carbons (Fsp3) is 0.438. The number of nitrogens with one attached hydrogen (secondary N) is 1. The molecule has 0 saturated carbocycles. The van der Waals surface area contributed by atoms with Crippen LogP contribution in [-0.2, 0) is 25.6 Å². The second-order valence-corrected chi connectivity index (χ2v) is 5.41. The zero-order chi connectivity index (χ0) is 17.7. The minimum Gasteiger partial charge on any atom is -0.478 e. The van der Waals surface area contributed by atoms with Crippen molar-refractivity contribution in [1.29, 1.82) is 0 Å². The molecule has 130 valence electrons. The van der Waals surface area contributed by atoms with Crippen LogP contribution in [0.3, 0.4) is 0 Å². The summed E-state index contributed by atoms with van der Waals surface area (Å²) in [6, 6.07) is 3.82. The molecular formula is C16H20N2O6. The third kappa shape index (κ3) is 4.02. The summed E-state index contributed by atoms with van der Waals surface area (Å²) in [5.74, 6) is -1.80. The third-order valence-electron chi connectivity index (χ3n) is 3.82. The van der Waals surface area contributed by atoms with E-state index in [0.717, 1.165) is 0 Å². The highest BCUT2D eigenvalue weighted by atomic mass is 16.5. The lowest BCUT2D eigenvalue weighted by atomic mass is 10.1. The van der Waals surface area contributed by atoms with Crippen LogP contribution in [0.25, 0.3) is 0 Å². The number of esters is 1. The van der Waals surface area contributed by atoms with Gasteiger partial charge < -0.3 is 24.8 Å². The topological polar surface area (TPSA) is 105 Å². The molecule has 8 nitrogen and oxygen atoms in total. The normalized spacial score (nSPS) is 16.8. The van der Waals surface area contributed by atoms with E-state index in [1.807, 2.05) is 0 Å². The maximum atomic E-state index is 12.7. The number of hydrogen-bond donors (Lipinski definition) is 2. The van der Waals surface area contributed by atoms with Gasteiger partial charge in [-0.25, -0.2) is 4.79 Å². The van der Waals surface area contributed by atoms with Crippen LogP contribution < -0.4 is 5.32 Å². The number of carboxylic acids is 1. The minimum absolute atomic E-state index is 0.112. The van der Waals surface area contributed by atoms with Gasteiger partial charge in [-0.15, -0.1) is 0 Å². The molecule has 0 spiro atoms. The Bertz CT molecular complexity index is 645. The van der Waals surface area contributed by atoms with Crippen LogP contribution >= 0.6 is 0 Å². The molecule has 2 N–H and O–H groups in total. The lowest BCUT2D eigenvalue weighted by Crippen LogP contribution is -2.43. The highest BCUT2D eigenvalue weighted by Crippen LogP contribution is 2.25.